The van der Waals surface area contributed by atoms with Gasteiger partial charge in [-0.25, -0.2) is 9.78 Å². The summed E-state index contributed by atoms with van der Waals surface area (Å²) < 4.78 is 5.26. The van der Waals surface area contributed by atoms with E-state index in [0.717, 1.165) is 5.69 Å². The molecule has 1 aliphatic carbocycles. The van der Waals surface area contributed by atoms with E-state index >= 15 is 0 Å². The quantitative estimate of drug-likeness (QED) is 0.897. The lowest BCUT2D eigenvalue weighted by Gasteiger charge is -2.41. The molecule has 7 nitrogen and oxygen atoms in total. The molecular weight excluding hydrogens is 308 g/mol. The fourth-order valence-electron chi connectivity index (χ4n) is 3.18. The number of carbonyl (C=O) groups is 2. The largest absolute Gasteiger partial charge is 0.444 e. The SMILES string of the molecule is CC(C)(C)OC(=O)NC1CC(N2C(=O)C(C)(C)c3nccnc32)C1. The second-order valence-corrected chi connectivity index (χ2v) is 8.00. The molecule has 130 valence electrons. The van der Waals surface area contributed by atoms with Crippen LogP contribution in [0.3, 0.4) is 0 Å². The molecule has 1 saturated carbocycles. The van der Waals surface area contributed by atoms with Gasteiger partial charge in [0.15, 0.2) is 5.82 Å². The third-order valence-electron chi connectivity index (χ3n) is 4.45. The summed E-state index contributed by atoms with van der Waals surface area (Å²) >= 11 is 0. The van der Waals surface area contributed by atoms with Gasteiger partial charge >= 0.3 is 6.09 Å². The van der Waals surface area contributed by atoms with Gasteiger partial charge in [-0.3, -0.25) is 14.7 Å². The van der Waals surface area contributed by atoms with Gasteiger partial charge in [-0.1, -0.05) is 0 Å². The number of ether oxygens (including phenoxy) is 1. The molecule has 0 saturated heterocycles. The van der Waals surface area contributed by atoms with Gasteiger partial charge < -0.3 is 10.1 Å². The number of aromatic nitrogens is 2. The van der Waals surface area contributed by atoms with Gasteiger partial charge in [-0.2, -0.15) is 0 Å². The van der Waals surface area contributed by atoms with E-state index in [2.05, 4.69) is 15.3 Å². The highest BCUT2D eigenvalue weighted by Crippen LogP contribution is 2.43. The Hall–Kier alpha value is -2.18. The van der Waals surface area contributed by atoms with Crippen molar-refractivity contribution in [3.05, 3.63) is 18.1 Å². The monoisotopic (exact) mass is 332 g/mol. The van der Waals surface area contributed by atoms with E-state index in [1.54, 1.807) is 17.3 Å². The van der Waals surface area contributed by atoms with Crippen molar-refractivity contribution in [3.8, 4) is 0 Å². The van der Waals surface area contributed by atoms with Crippen molar-refractivity contribution in [2.45, 2.75) is 70.6 Å². The normalized spacial score (nSPS) is 25.0. The first-order valence-corrected chi connectivity index (χ1v) is 8.24. The van der Waals surface area contributed by atoms with Crippen LogP contribution < -0.4 is 10.2 Å². The fraction of sp³-hybridized carbons (Fsp3) is 0.647. The summed E-state index contributed by atoms with van der Waals surface area (Å²) in [6.07, 6.45) is 4.19. The molecule has 2 amide bonds. The number of amides is 2. The van der Waals surface area contributed by atoms with Gasteiger partial charge in [0.2, 0.25) is 5.91 Å². The third kappa shape index (κ3) is 2.83. The first-order valence-electron chi connectivity index (χ1n) is 8.24. The Labute approximate surface area is 141 Å². The van der Waals surface area contributed by atoms with Crippen LogP contribution in [0.25, 0.3) is 0 Å². The number of rotatable bonds is 2. The average molecular weight is 332 g/mol. The summed E-state index contributed by atoms with van der Waals surface area (Å²) in [6, 6.07) is 0.0520. The second-order valence-electron chi connectivity index (χ2n) is 8.00. The van der Waals surface area contributed by atoms with Crippen molar-refractivity contribution in [2.24, 2.45) is 0 Å². The van der Waals surface area contributed by atoms with Gasteiger partial charge in [-0.15, -0.1) is 0 Å². The summed E-state index contributed by atoms with van der Waals surface area (Å²) in [5.41, 5.74) is -0.456. The van der Waals surface area contributed by atoms with E-state index in [9.17, 15) is 9.59 Å². The van der Waals surface area contributed by atoms with E-state index in [1.165, 1.54) is 0 Å². The molecule has 2 aliphatic rings. The molecular formula is C17H24N4O3. The van der Waals surface area contributed by atoms with Gasteiger partial charge in [-0.05, 0) is 47.5 Å². The van der Waals surface area contributed by atoms with Gasteiger partial charge in [0.1, 0.15) is 5.60 Å². The van der Waals surface area contributed by atoms with E-state index in [0.29, 0.717) is 18.7 Å². The lowest BCUT2D eigenvalue weighted by atomic mass is 9.85. The van der Waals surface area contributed by atoms with Crippen molar-refractivity contribution < 1.29 is 14.3 Å². The maximum Gasteiger partial charge on any atom is 0.407 e. The Morgan fingerprint density at radius 2 is 1.92 bits per heavy atom. The minimum atomic E-state index is -0.659. The molecule has 0 spiro atoms. The molecule has 1 aromatic rings. The average Bonchev–Trinajstić information content (AvgIpc) is 2.61. The highest BCUT2D eigenvalue weighted by Gasteiger charge is 2.51. The van der Waals surface area contributed by atoms with Crippen LogP contribution >= 0.6 is 0 Å². The van der Waals surface area contributed by atoms with E-state index in [4.69, 9.17) is 4.74 Å². The van der Waals surface area contributed by atoms with Crippen molar-refractivity contribution in [2.75, 3.05) is 4.90 Å². The highest BCUT2D eigenvalue weighted by molar-refractivity contribution is 6.06. The number of anilines is 1. The van der Waals surface area contributed by atoms with E-state index < -0.39 is 17.1 Å². The molecule has 1 aromatic heterocycles. The number of hydrogen-bond acceptors (Lipinski definition) is 5. The summed E-state index contributed by atoms with van der Waals surface area (Å²) in [4.78, 5) is 35.0. The standard InChI is InChI=1S/C17H24N4O3/c1-16(2,3)24-15(23)20-10-8-11(9-10)21-13-12(18-6-7-19-13)17(4,5)14(21)22/h6-7,10-11H,8-9H2,1-5H3,(H,20,23). The molecule has 2 heterocycles. The fourth-order valence-corrected chi connectivity index (χ4v) is 3.18. The topological polar surface area (TPSA) is 84.4 Å². The molecule has 1 N–H and O–H groups in total. The first-order chi connectivity index (χ1) is 11.1. The van der Waals surface area contributed by atoms with Crippen LogP contribution in [-0.2, 0) is 14.9 Å². The van der Waals surface area contributed by atoms with E-state index in [1.807, 2.05) is 34.6 Å². The number of hydrogen-bond donors (Lipinski definition) is 1. The molecule has 7 heteroatoms. The Bertz CT molecular complexity index is 675. The van der Waals surface area contributed by atoms with Crippen LogP contribution in [-0.4, -0.2) is 39.7 Å². The third-order valence-corrected chi connectivity index (χ3v) is 4.45. The maximum absolute atomic E-state index is 12.8. The van der Waals surface area contributed by atoms with Crippen LogP contribution in [0.1, 0.15) is 53.2 Å². The van der Waals surface area contributed by atoms with Crippen molar-refractivity contribution in [1.29, 1.82) is 0 Å². The van der Waals surface area contributed by atoms with Crippen LogP contribution in [0.4, 0.5) is 10.6 Å². The van der Waals surface area contributed by atoms with Gasteiger partial charge in [0.05, 0.1) is 11.1 Å². The lowest BCUT2D eigenvalue weighted by molar-refractivity contribution is -0.123. The molecule has 24 heavy (non-hydrogen) atoms. The van der Waals surface area contributed by atoms with Crippen LogP contribution in [0.15, 0.2) is 12.4 Å². The van der Waals surface area contributed by atoms with Crippen LogP contribution in [0.5, 0.6) is 0 Å². The zero-order valence-electron chi connectivity index (χ0n) is 14.8. The zero-order chi connectivity index (χ0) is 17.7. The Morgan fingerprint density at radius 1 is 1.29 bits per heavy atom. The number of alkyl carbamates (subject to hydrolysis) is 1. The minimum Gasteiger partial charge on any atom is -0.444 e. The molecule has 0 unspecified atom stereocenters. The Morgan fingerprint density at radius 3 is 2.54 bits per heavy atom. The first kappa shape index (κ1) is 16.7. The minimum absolute atomic E-state index is 0.0153. The number of nitrogens with one attached hydrogen (secondary N) is 1. The Kier molecular flexibility index (Phi) is 3.77. The molecule has 0 atom stereocenters. The van der Waals surface area contributed by atoms with Crippen molar-refractivity contribution in [1.82, 2.24) is 15.3 Å². The molecule has 0 bridgehead atoms. The predicted molar refractivity (Wildman–Crippen MR) is 88.7 cm³/mol. The lowest BCUT2D eigenvalue weighted by Crippen LogP contribution is -2.56. The van der Waals surface area contributed by atoms with Crippen molar-refractivity contribution >= 4 is 17.8 Å². The molecule has 1 aliphatic heterocycles. The number of fused-ring (bicyclic) bond motifs is 1. The van der Waals surface area contributed by atoms with Gasteiger partial charge in [0, 0.05) is 24.5 Å². The van der Waals surface area contributed by atoms with Gasteiger partial charge in [0.25, 0.3) is 0 Å². The van der Waals surface area contributed by atoms with Crippen molar-refractivity contribution in [3.63, 3.8) is 0 Å². The number of carbonyl (C=O) groups excluding carboxylic acids is 2. The summed E-state index contributed by atoms with van der Waals surface area (Å²) in [5, 5.41) is 2.85. The zero-order valence-corrected chi connectivity index (χ0v) is 14.8. The second kappa shape index (κ2) is 5.43. The predicted octanol–water partition coefficient (Wildman–Crippen LogP) is 2.16. The summed E-state index contributed by atoms with van der Waals surface area (Å²) in [7, 11) is 0. The van der Waals surface area contributed by atoms with Crippen LogP contribution in [0.2, 0.25) is 0 Å². The molecule has 3 rings (SSSR count). The van der Waals surface area contributed by atoms with Crippen LogP contribution in [0, 0.1) is 0 Å². The summed E-state index contributed by atoms with van der Waals surface area (Å²) in [5.74, 6) is 0.664. The maximum atomic E-state index is 12.8. The molecule has 1 fully saturated rings. The highest BCUT2D eigenvalue weighted by atomic mass is 16.6. The molecule has 0 radical (unpaired) electrons. The Balaban J connectivity index is 1.65. The molecule has 0 aromatic carbocycles. The number of nitrogens with zero attached hydrogens (tertiary/aromatic N) is 3. The smallest absolute Gasteiger partial charge is 0.407 e. The van der Waals surface area contributed by atoms with E-state index in [-0.39, 0.29) is 18.0 Å². The summed E-state index contributed by atoms with van der Waals surface area (Å²) in [6.45, 7) is 9.24.